The summed E-state index contributed by atoms with van der Waals surface area (Å²) in [5.41, 5.74) is 1.66. The predicted octanol–water partition coefficient (Wildman–Crippen LogP) is 5.49. The predicted molar refractivity (Wildman–Crippen MR) is 90.7 cm³/mol. The second-order valence-electron chi connectivity index (χ2n) is 6.41. The summed E-state index contributed by atoms with van der Waals surface area (Å²) in [6.07, 6.45) is 10.6. The Morgan fingerprint density at radius 1 is 1.20 bits per heavy atom. The van der Waals surface area contributed by atoms with Gasteiger partial charge in [-0.25, -0.2) is 0 Å². The van der Waals surface area contributed by atoms with Crippen molar-refractivity contribution in [1.82, 2.24) is 5.32 Å². The van der Waals surface area contributed by atoms with Crippen molar-refractivity contribution in [2.45, 2.75) is 78.2 Å². The van der Waals surface area contributed by atoms with Crippen LogP contribution in [0.15, 0.2) is 6.07 Å². The van der Waals surface area contributed by atoms with E-state index < -0.39 is 0 Å². The first-order valence-corrected chi connectivity index (χ1v) is 9.41. The molecule has 0 spiro atoms. The second kappa shape index (κ2) is 8.19. The molecule has 114 valence electrons. The van der Waals surface area contributed by atoms with Crippen LogP contribution < -0.4 is 5.32 Å². The first kappa shape index (κ1) is 16.0. The first-order valence-electron chi connectivity index (χ1n) is 8.59. The van der Waals surface area contributed by atoms with Crippen LogP contribution in [0.5, 0.6) is 0 Å². The summed E-state index contributed by atoms with van der Waals surface area (Å²) in [5.74, 6) is 0.811. The molecule has 1 aromatic rings. The lowest BCUT2D eigenvalue weighted by Crippen LogP contribution is -2.23. The van der Waals surface area contributed by atoms with Gasteiger partial charge < -0.3 is 5.32 Å². The summed E-state index contributed by atoms with van der Waals surface area (Å²) in [6.45, 7) is 8.10. The Morgan fingerprint density at radius 2 is 2.00 bits per heavy atom. The summed E-state index contributed by atoms with van der Waals surface area (Å²) in [5, 5.41) is 3.79. The minimum atomic E-state index is 0.585. The summed E-state index contributed by atoms with van der Waals surface area (Å²) in [4.78, 5) is 3.29. The maximum Gasteiger partial charge on any atom is 0.0417 e. The third-order valence-electron chi connectivity index (χ3n) is 4.58. The van der Waals surface area contributed by atoms with Gasteiger partial charge >= 0.3 is 0 Å². The normalized spacial score (nSPS) is 18.4. The van der Waals surface area contributed by atoms with Crippen LogP contribution in [0, 0.1) is 5.92 Å². The van der Waals surface area contributed by atoms with Crippen molar-refractivity contribution < 1.29 is 0 Å². The number of hydrogen-bond acceptors (Lipinski definition) is 2. The highest BCUT2D eigenvalue weighted by atomic mass is 32.1. The van der Waals surface area contributed by atoms with Gasteiger partial charge in [0, 0.05) is 15.8 Å². The molecule has 0 bridgehead atoms. The fourth-order valence-corrected chi connectivity index (χ4v) is 4.40. The third-order valence-corrected chi connectivity index (χ3v) is 5.94. The summed E-state index contributed by atoms with van der Waals surface area (Å²) >= 11 is 2.10. The van der Waals surface area contributed by atoms with Crippen molar-refractivity contribution in [3.63, 3.8) is 0 Å². The van der Waals surface area contributed by atoms with E-state index in [1.54, 1.807) is 15.3 Å². The van der Waals surface area contributed by atoms with Gasteiger partial charge in [0.15, 0.2) is 0 Å². The van der Waals surface area contributed by atoms with Gasteiger partial charge in [-0.3, -0.25) is 0 Å². The molecule has 0 aliphatic heterocycles. The summed E-state index contributed by atoms with van der Waals surface area (Å²) < 4.78 is 0. The van der Waals surface area contributed by atoms with Crippen molar-refractivity contribution in [1.29, 1.82) is 0 Å². The van der Waals surface area contributed by atoms with E-state index in [4.69, 9.17) is 0 Å². The molecule has 2 unspecified atom stereocenters. The van der Waals surface area contributed by atoms with Crippen LogP contribution >= 0.6 is 11.3 Å². The van der Waals surface area contributed by atoms with Crippen molar-refractivity contribution >= 4 is 11.3 Å². The fourth-order valence-electron chi connectivity index (χ4n) is 3.05. The van der Waals surface area contributed by atoms with E-state index in [0.717, 1.165) is 12.5 Å². The lowest BCUT2D eigenvalue weighted by molar-refractivity contribution is 0.406. The molecular formula is C18H31NS. The Kier molecular flexibility index (Phi) is 6.57. The van der Waals surface area contributed by atoms with Gasteiger partial charge in [-0.1, -0.05) is 33.6 Å². The second-order valence-corrected chi connectivity index (χ2v) is 7.58. The number of nitrogens with one attached hydrogen (secondary N) is 1. The van der Waals surface area contributed by atoms with Crippen molar-refractivity contribution in [3.8, 4) is 0 Å². The SMILES string of the molecule is CCCNC(CC(C)CC)c1cc2c(s1)CCCCC2. The Labute approximate surface area is 129 Å². The quantitative estimate of drug-likeness (QED) is 0.655. The number of aryl methyl sites for hydroxylation is 2. The smallest absolute Gasteiger partial charge is 0.0417 e. The Morgan fingerprint density at radius 3 is 2.75 bits per heavy atom. The van der Waals surface area contributed by atoms with Crippen molar-refractivity contribution in [3.05, 3.63) is 21.4 Å². The van der Waals surface area contributed by atoms with Gasteiger partial charge in [0.05, 0.1) is 0 Å². The van der Waals surface area contributed by atoms with Crippen molar-refractivity contribution in [2.24, 2.45) is 5.92 Å². The van der Waals surface area contributed by atoms with Crippen LogP contribution in [0.4, 0.5) is 0 Å². The zero-order chi connectivity index (χ0) is 14.4. The van der Waals surface area contributed by atoms with E-state index in [-0.39, 0.29) is 0 Å². The molecule has 1 heterocycles. The molecule has 2 heteroatoms. The molecule has 1 aliphatic rings. The molecule has 1 N–H and O–H groups in total. The maximum absolute atomic E-state index is 3.79. The average Bonchev–Trinajstić information content (AvgIpc) is 2.74. The van der Waals surface area contributed by atoms with Gasteiger partial charge in [-0.2, -0.15) is 0 Å². The molecule has 1 aliphatic carbocycles. The molecule has 0 saturated carbocycles. The maximum atomic E-state index is 3.79. The Balaban J connectivity index is 2.10. The first-order chi connectivity index (χ1) is 9.74. The fraction of sp³-hybridized carbons (Fsp3) is 0.778. The van der Waals surface area contributed by atoms with E-state index in [9.17, 15) is 0 Å². The molecule has 0 amide bonds. The monoisotopic (exact) mass is 293 g/mol. The molecule has 0 radical (unpaired) electrons. The van der Waals surface area contributed by atoms with Crippen LogP contribution in [0.2, 0.25) is 0 Å². The molecule has 0 saturated heterocycles. The highest BCUT2D eigenvalue weighted by Gasteiger charge is 2.19. The van der Waals surface area contributed by atoms with E-state index >= 15 is 0 Å². The minimum Gasteiger partial charge on any atom is -0.309 e. The van der Waals surface area contributed by atoms with Crippen LogP contribution in [0.25, 0.3) is 0 Å². The standard InChI is InChI=1S/C18H31NS/c1-4-11-19-16(12-14(3)5-2)18-13-15-9-7-6-8-10-17(15)20-18/h13-14,16,19H,4-12H2,1-3H3. The Bertz CT molecular complexity index is 373. The molecule has 20 heavy (non-hydrogen) atoms. The van der Waals surface area contributed by atoms with E-state index in [1.807, 2.05) is 0 Å². The van der Waals surface area contributed by atoms with Gasteiger partial charge in [0.25, 0.3) is 0 Å². The number of thiophene rings is 1. The number of rotatable bonds is 7. The largest absolute Gasteiger partial charge is 0.309 e. The topological polar surface area (TPSA) is 12.0 Å². The Hall–Kier alpha value is -0.340. The van der Waals surface area contributed by atoms with Crippen molar-refractivity contribution in [2.75, 3.05) is 6.54 Å². The number of hydrogen-bond donors (Lipinski definition) is 1. The molecule has 2 atom stereocenters. The minimum absolute atomic E-state index is 0.585. The lowest BCUT2D eigenvalue weighted by atomic mass is 9.97. The van der Waals surface area contributed by atoms with Gasteiger partial charge in [-0.15, -0.1) is 11.3 Å². The molecule has 0 fully saturated rings. The molecular weight excluding hydrogens is 262 g/mol. The van der Waals surface area contributed by atoms with Gasteiger partial charge in [0.2, 0.25) is 0 Å². The molecule has 1 nitrogen and oxygen atoms in total. The van der Waals surface area contributed by atoms with E-state index in [2.05, 4.69) is 43.5 Å². The number of fused-ring (bicyclic) bond motifs is 1. The van der Waals surface area contributed by atoms with Crippen LogP contribution in [0.3, 0.4) is 0 Å². The molecule has 0 aromatic carbocycles. The summed E-state index contributed by atoms with van der Waals surface area (Å²) in [6, 6.07) is 3.11. The zero-order valence-electron chi connectivity index (χ0n) is 13.5. The zero-order valence-corrected chi connectivity index (χ0v) is 14.3. The molecule has 2 rings (SSSR count). The highest BCUT2D eigenvalue weighted by Crippen LogP contribution is 2.34. The van der Waals surface area contributed by atoms with E-state index in [0.29, 0.717) is 6.04 Å². The van der Waals surface area contributed by atoms with Gasteiger partial charge in [0.1, 0.15) is 0 Å². The average molecular weight is 294 g/mol. The van der Waals surface area contributed by atoms with Crippen LogP contribution in [-0.2, 0) is 12.8 Å². The highest BCUT2D eigenvalue weighted by molar-refractivity contribution is 7.12. The summed E-state index contributed by atoms with van der Waals surface area (Å²) in [7, 11) is 0. The molecule has 1 aromatic heterocycles. The van der Waals surface area contributed by atoms with Crippen LogP contribution in [-0.4, -0.2) is 6.54 Å². The van der Waals surface area contributed by atoms with Crippen LogP contribution in [0.1, 0.15) is 80.7 Å². The van der Waals surface area contributed by atoms with E-state index in [1.165, 1.54) is 51.4 Å². The van der Waals surface area contributed by atoms with Gasteiger partial charge in [-0.05, 0) is 62.6 Å². The third kappa shape index (κ3) is 4.33. The lowest BCUT2D eigenvalue weighted by Gasteiger charge is -2.20.